The molecule has 1 amide bonds. The molecule has 6 heteroatoms. The molecule has 0 saturated heterocycles. The molecular formula is C21H21NO5. The number of nitrogens with one attached hydrogen (secondary N) is 1. The summed E-state index contributed by atoms with van der Waals surface area (Å²) in [5.74, 6) is 0.162. The minimum atomic E-state index is -0.872. The lowest BCUT2D eigenvalue weighted by molar-refractivity contribution is -0.157. The van der Waals surface area contributed by atoms with Crippen LogP contribution in [0.4, 0.5) is 0 Å². The quantitative estimate of drug-likeness (QED) is 0.841. The predicted molar refractivity (Wildman–Crippen MR) is 97.6 cm³/mol. The first kappa shape index (κ1) is 17.4. The Morgan fingerprint density at radius 1 is 1.07 bits per heavy atom. The highest BCUT2D eigenvalue weighted by Crippen LogP contribution is 2.31. The summed E-state index contributed by atoms with van der Waals surface area (Å²) in [6.45, 7) is -0.271. The van der Waals surface area contributed by atoms with E-state index in [4.69, 9.17) is 14.2 Å². The van der Waals surface area contributed by atoms with Crippen molar-refractivity contribution in [2.24, 2.45) is 0 Å². The van der Waals surface area contributed by atoms with Crippen molar-refractivity contribution >= 4 is 11.9 Å². The highest BCUT2D eigenvalue weighted by atomic mass is 16.6. The van der Waals surface area contributed by atoms with E-state index in [-0.39, 0.29) is 25.2 Å². The van der Waals surface area contributed by atoms with Crippen LogP contribution in [0.5, 0.6) is 11.5 Å². The van der Waals surface area contributed by atoms with Crippen LogP contribution in [0.15, 0.2) is 48.5 Å². The first-order chi connectivity index (χ1) is 13.2. The summed E-state index contributed by atoms with van der Waals surface area (Å²) in [6.07, 6.45) is 2.06. The Morgan fingerprint density at radius 2 is 1.85 bits per heavy atom. The molecule has 140 valence electrons. The Kier molecular flexibility index (Phi) is 4.96. The first-order valence-corrected chi connectivity index (χ1v) is 9.13. The molecule has 0 aromatic heterocycles. The average Bonchev–Trinajstić information content (AvgIpc) is 2.72. The smallest absolute Gasteiger partial charge is 0.351 e. The zero-order valence-electron chi connectivity index (χ0n) is 14.9. The summed E-state index contributed by atoms with van der Waals surface area (Å²) < 4.78 is 16.2. The number of amides is 1. The number of rotatable bonds is 4. The number of aryl methyl sites for hydroxylation is 1. The van der Waals surface area contributed by atoms with Gasteiger partial charge in [0.05, 0.1) is 6.04 Å². The zero-order chi connectivity index (χ0) is 18.6. The number of carbonyl (C=O) groups excluding carboxylic acids is 2. The molecule has 6 nitrogen and oxygen atoms in total. The van der Waals surface area contributed by atoms with E-state index in [9.17, 15) is 9.59 Å². The van der Waals surface area contributed by atoms with Gasteiger partial charge in [-0.25, -0.2) is 4.79 Å². The lowest BCUT2D eigenvalue weighted by atomic mass is 9.88. The van der Waals surface area contributed by atoms with Crippen LogP contribution in [0.25, 0.3) is 0 Å². The minimum absolute atomic E-state index is 0.0395. The molecule has 2 atom stereocenters. The van der Waals surface area contributed by atoms with Crippen molar-refractivity contribution in [3.05, 3.63) is 59.7 Å². The van der Waals surface area contributed by atoms with Gasteiger partial charge in [-0.3, -0.25) is 4.79 Å². The van der Waals surface area contributed by atoms with Crippen LogP contribution >= 0.6 is 0 Å². The third-order valence-corrected chi connectivity index (χ3v) is 4.82. The molecule has 2 aliphatic rings. The first-order valence-electron chi connectivity index (χ1n) is 9.13. The Labute approximate surface area is 157 Å². The molecule has 0 spiro atoms. The van der Waals surface area contributed by atoms with E-state index in [0.717, 1.165) is 24.8 Å². The van der Waals surface area contributed by atoms with Gasteiger partial charge in [-0.05, 0) is 42.5 Å². The number of para-hydroxylation sites is 2. The van der Waals surface area contributed by atoms with Crippen molar-refractivity contribution in [3.63, 3.8) is 0 Å². The van der Waals surface area contributed by atoms with Crippen molar-refractivity contribution in [2.45, 2.75) is 31.4 Å². The van der Waals surface area contributed by atoms with Gasteiger partial charge in [0, 0.05) is 0 Å². The standard InChI is InChI=1S/C21H21NO5/c23-20(22-16-9-5-7-14-6-1-2-8-15(14)16)13-26-21(24)19-12-25-17-10-3-4-11-18(17)27-19/h1-4,6,8,10-11,16,19H,5,7,9,12-13H2,(H,22,23). The molecule has 0 radical (unpaired) electrons. The fourth-order valence-corrected chi connectivity index (χ4v) is 3.51. The van der Waals surface area contributed by atoms with E-state index in [1.54, 1.807) is 18.2 Å². The van der Waals surface area contributed by atoms with Crippen molar-refractivity contribution in [3.8, 4) is 11.5 Å². The molecule has 1 heterocycles. The van der Waals surface area contributed by atoms with E-state index < -0.39 is 12.1 Å². The lowest BCUT2D eigenvalue weighted by Gasteiger charge is -2.27. The Hall–Kier alpha value is -3.02. The van der Waals surface area contributed by atoms with Gasteiger partial charge in [-0.1, -0.05) is 36.4 Å². The summed E-state index contributed by atoms with van der Waals surface area (Å²) in [5.41, 5.74) is 2.40. The number of carbonyl (C=O) groups is 2. The third-order valence-electron chi connectivity index (χ3n) is 4.82. The Balaban J connectivity index is 1.29. The molecule has 27 heavy (non-hydrogen) atoms. The number of esters is 1. The maximum atomic E-state index is 12.2. The van der Waals surface area contributed by atoms with E-state index in [2.05, 4.69) is 11.4 Å². The van der Waals surface area contributed by atoms with Crippen LogP contribution in [0, 0.1) is 0 Å². The molecule has 4 rings (SSSR count). The zero-order valence-corrected chi connectivity index (χ0v) is 14.9. The van der Waals surface area contributed by atoms with E-state index in [1.165, 1.54) is 5.56 Å². The normalized spacial score (nSPS) is 20.3. The van der Waals surface area contributed by atoms with Crippen LogP contribution in [0.1, 0.15) is 30.0 Å². The van der Waals surface area contributed by atoms with Crippen LogP contribution in [-0.2, 0) is 20.7 Å². The number of benzene rings is 2. The highest BCUT2D eigenvalue weighted by Gasteiger charge is 2.29. The molecule has 0 bridgehead atoms. The molecule has 0 saturated carbocycles. The molecule has 0 fully saturated rings. The maximum absolute atomic E-state index is 12.2. The van der Waals surface area contributed by atoms with Gasteiger partial charge in [0.25, 0.3) is 5.91 Å². The van der Waals surface area contributed by atoms with E-state index in [0.29, 0.717) is 11.5 Å². The van der Waals surface area contributed by atoms with Crippen molar-refractivity contribution in [1.29, 1.82) is 0 Å². The third kappa shape index (κ3) is 3.89. The molecule has 2 aromatic rings. The predicted octanol–water partition coefficient (Wildman–Crippen LogP) is 2.56. The SMILES string of the molecule is O=C(COC(=O)C1COc2ccccc2O1)NC1CCCc2ccccc21. The maximum Gasteiger partial charge on any atom is 0.351 e. The average molecular weight is 367 g/mol. The largest absolute Gasteiger partial charge is 0.485 e. The van der Waals surface area contributed by atoms with Crippen LogP contribution in [0.3, 0.4) is 0 Å². The lowest BCUT2D eigenvalue weighted by Crippen LogP contribution is -2.40. The molecule has 1 aliphatic heterocycles. The second-order valence-electron chi connectivity index (χ2n) is 6.68. The molecular weight excluding hydrogens is 346 g/mol. The van der Waals surface area contributed by atoms with Crippen molar-refractivity contribution < 1.29 is 23.8 Å². The summed E-state index contributed by atoms with van der Waals surface area (Å²) >= 11 is 0. The van der Waals surface area contributed by atoms with Crippen LogP contribution < -0.4 is 14.8 Å². The van der Waals surface area contributed by atoms with Crippen LogP contribution in [-0.4, -0.2) is 31.2 Å². The van der Waals surface area contributed by atoms with Gasteiger partial charge in [0.1, 0.15) is 6.61 Å². The van der Waals surface area contributed by atoms with Crippen molar-refractivity contribution in [2.75, 3.05) is 13.2 Å². The highest BCUT2D eigenvalue weighted by molar-refractivity contribution is 5.82. The summed E-state index contributed by atoms with van der Waals surface area (Å²) in [7, 11) is 0. The fraction of sp³-hybridized carbons (Fsp3) is 0.333. The molecule has 1 N–H and O–H groups in total. The van der Waals surface area contributed by atoms with Gasteiger partial charge >= 0.3 is 5.97 Å². The summed E-state index contributed by atoms with van der Waals surface area (Å²) in [5, 5.41) is 2.96. The van der Waals surface area contributed by atoms with Gasteiger partial charge < -0.3 is 19.5 Å². The fourth-order valence-electron chi connectivity index (χ4n) is 3.51. The molecule has 1 aliphatic carbocycles. The van der Waals surface area contributed by atoms with Crippen LogP contribution in [0.2, 0.25) is 0 Å². The monoisotopic (exact) mass is 367 g/mol. The number of hydrogen-bond acceptors (Lipinski definition) is 5. The second-order valence-corrected chi connectivity index (χ2v) is 6.68. The van der Waals surface area contributed by atoms with E-state index in [1.807, 2.05) is 24.3 Å². The summed E-state index contributed by atoms with van der Waals surface area (Å²) in [4.78, 5) is 24.4. The van der Waals surface area contributed by atoms with Gasteiger partial charge in [0.2, 0.25) is 6.10 Å². The topological polar surface area (TPSA) is 73.9 Å². The van der Waals surface area contributed by atoms with Crippen molar-refractivity contribution in [1.82, 2.24) is 5.32 Å². The molecule has 2 aromatic carbocycles. The molecule has 2 unspecified atom stereocenters. The van der Waals surface area contributed by atoms with Gasteiger partial charge in [0.15, 0.2) is 18.1 Å². The number of fused-ring (bicyclic) bond motifs is 2. The van der Waals surface area contributed by atoms with Gasteiger partial charge in [-0.15, -0.1) is 0 Å². The summed E-state index contributed by atoms with van der Waals surface area (Å²) in [6, 6.07) is 15.2. The van der Waals surface area contributed by atoms with E-state index >= 15 is 0 Å². The Morgan fingerprint density at radius 3 is 2.74 bits per heavy atom. The minimum Gasteiger partial charge on any atom is -0.485 e. The second kappa shape index (κ2) is 7.70. The van der Waals surface area contributed by atoms with Gasteiger partial charge in [-0.2, -0.15) is 0 Å². The number of ether oxygens (including phenoxy) is 3. The Bertz CT molecular complexity index is 850. The number of hydrogen-bond donors (Lipinski definition) is 1.